The fraction of sp³-hybridized carbons (Fsp3) is 0.300. The second-order valence-electron chi connectivity index (χ2n) is 6.26. The summed E-state index contributed by atoms with van der Waals surface area (Å²) >= 11 is 1.43. The first-order valence-electron chi connectivity index (χ1n) is 8.56. The Kier molecular flexibility index (Phi) is 5.83. The molecule has 1 unspecified atom stereocenters. The number of rotatable bonds is 6. The second-order valence-corrected chi connectivity index (χ2v) is 7.51. The van der Waals surface area contributed by atoms with Crippen molar-refractivity contribution in [2.24, 2.45) is 0 Å². The molecule has 2 aromatic rings. The van der Waals surface area contributed by atoms with Crippen molar-refractivity contribution >= 4 is 29.3 Å². The number of para-hydroxylation sites is 1. The maximum Gasteiger partial charge on any atom is 0.238 e. The molecular weight excluding hydrogens is 348 g/mol. The van der Waals surface area contributed by atoms with Crippen LogP contribution in [0.25, 0.3) is 0 Å². The number of anilines is 1. The van der Waals surface area contributed by atoms with Gasteiger partial charge in [-0.2, -0.15) is 0 Å². The van der Waals surface area contributed by atoms with Gasteiger partial charge in [0.2, 0.25) is 11.8 Å². The van der Waals surface area contributed by atoms with Crippen molar-refractivity contribution in [2.75, 3.05) is 18.5 Å². The van der Waals surface area contributed by atoms with Gasteiger partial charge >= 0.3 is 0 Å². The summed E-state index contributed by atoms with van der Waals surface area (Å²) in [5, 5.41) is 5.26. The van der Waals surface area contributed by atoms with Crippen molar-refractivity contribution < 1.29 is 14.3 Å². The van der Waals surface area contributed by atoms with Gasteiger partial charge in [0.25, 0.3) is 0 Å². The number of carbonyl (C=O) groups is 2. The minimum absolute atomic E-state index is 0.129. The molecule has 2 amide bonds. The molecular formula is C20H22N2O3S. The Morgan fingerprint density at radius 2 is 2.04 bits per heavy atom. The number of fused-ring (bicyclic) bond motifs is 1. The summed E-state index contributed by atoms with van der Waals surface area (Å²) in [5.41, 5.74) is 3.07. The number of benzene rings is 2. The lowest BCUT2D eigenvalue weighted by Gasteiger charge is -2.23. The lowest BCUT2D eigenvalue weighted by atomic mass is 10.1. The molecule has 1 aliphatic rings. The van der Waals surface area contributed by atoms with E-state index in [4.69, 9.17) is 4.74 Å². The average Bonchev–Trinajstić information content (AvgIpc) is 2.61. The topological polar surface area (TPSA) is 67.4 Å². The monoisotopic (exact) mass is 370 g/mol. The molecule has 0 fully saturated rings. The maximum absolute atomic E-state index is 12.1. The van der Waals surface area contributed by atoms with E-state index in [1.165, 1.54) is 17.3 Å². The van der Waals surface area contributed by atoms with Crippen LogP contribution in [0.5, 0.6) is 5.75 Å². The van der Waals surface area contributed by atoms with Gasteiger partial charge in [0.1, 0.15) is 12.4 Å². The Balaban J connectivity index is 1.44. The Hall–Kier alpha value is -2.47. The van der Waals surface area contributed by atoms with Crippen LogP contribution in [-0.2, 0) is 9.59 Å². The van der Waals surface area contributed by atoms with Crippen LogP contribution in [0.1, 0.15) is 17.5 Å². The van der Waals surface area contributed by atoms with Crippen LogP contribution in [0.15, 0.2) is 47.4 Å². The Labute approximate surface area is 157 Å². The zero-order chi connectivity index (χ0) is 18.5. The molecule has 1 atom stereocenters. The van der Waals surface area contributed by atoms with Crippen LogP contribution < -0.4 is 15.4 Å². The number of aryl methyl sites for hydroxylation is 2. The first-order chi connectivity index (χ1) is 12.5. The van der Waals surface area contributed by atoms with E-state index < -0.39 is 5.25 Å². The first kappa shape index (κ1) is 18.3. The third-order valence-electron chi connectivity index (χ3n) is 4.09. The van der Waals surface area contributed by atoms with E-state index in [0.717, 1.165) is 21.9 Å². The van der Waals surface area contributed by atoms with Gasteiger partial charge in [-0.25, -0.2) is 0 Å². The van der Waals surface area contributed by atoms with Crippen molar-refractivity contribution in [3.63, 3.8) is 0 Å². The average molecular weight is 370 g/mol. The normalized spacial score (nSPS) is 15.8. The van der Waals surface area contributed by atoms with Gasteiger partial charge in [0.05, 0.1) is 17.5 Å². The standard InChI is InChI=1S/C20H22N2O3S/c1-13-7-8-16(14(2)11-13)25-10-9-21-19(23)12-18-20(24)22-15-5-3-4-6-17(15)26-18/h3-8,11,18H,9-10,12H2,1-2H3,(H,21,23)(H,22,24). The zero-order valence-electron chi connectivity index (χ0n) is 14.9. The van der Waals surface area contributed by atoms with Crippen molar-refractivity contribution in [3.8, 4) is 5.75 Å². The summed E-state index contributed by atoms with van der Waals surface area (Å²) in [6.45, 7) is 4.83. The fourth-order valence-corrected chi connectivity index (χ4v) is 3.89. The smallest absolute Gasteiger partial charge is 0.238 e. The molecule has 1 heterocycles. The van der Waals surface area contributed by atoms with Gasteiger partial charge in [0.15, 0.2) is 0 Å². The largest absolute Gasteiger partial charge is 0.491 e. The van der Waals surface area contributed by atoms with Gasteiger partial charge in [-0.3, -0.25) is 9.59 Å². The summed E-state index contributed by atoms with van der Waals surface area (Å²) in [6, 6.07) is 13.6. The summed E-state index contributed by atoms with van der Waals surface area (Å²) in [5.74, 6) is 0.542. The Morgan fingerprint density at radius 1 is 1.23 bits per heavy atom. The number of ether oxygens (including phenoxy) is 1. The van der Waals surface area contributed by atoms with E-state index in [1.807, 2.05) is 50.2 Å². The molecule has 0 aliphatic carbocycles. The minimum atomic E-state index is -0.412. The van der Waals surface area contributed by atoms with Crippen LogP contribution in [0.2, 0.25) is 0 Å². The SMILES string of the molecule is Cc1ccc(OCCNC(=O)CC2Sc3ccccc3NC2=O)c(C)c1. The van der Waals surface area contributed by atoms with E-state index in [-0.39, 0.29) is 18.2 Å². The summed E-state index contributed by atoms with van der Waals surface area (Å²) in [4.78, 5) is 25.3. The van der Waals surface area contributed by atoms with E-state index >= 15 is 0 Å². The van der Waals surface area contributed by atoms with Gasteiger partial charge in [-0.15, -0.1) is 11.8 Å². The molecule has 0 saturated heterocycles. The summed E-state index contributed by atoms with van der Waals surface area (Å²) in [6.07, 6.45) is 0.147. The van der Waals surface area contributed by atoms with Gasteiger partial charge < -0.3 is 15.4 Å². The van der Waals surface area contributed by atoms with Gasteiger partial charge in [-0.05, 0) is 37.6 Å². The lowest BCUT2D eigenvalue weighted by molar-refractivity contribution is -0.124. The van der Waals surface area contributed by atoms with Crippen LogP contribution >= 0.6 is 11.8 Å². The Morgan fingerprint density at radius 3 is 2.85 bits per heavy atom. The van der Waals surface area contributed by atoms with Crippen LogP contribution in [0.3, 0.4) is 0 Å². The number of amides is 2. The fourth-order valence-electron chi connectivity index (χ4n) is 2.78. The molecule has 3 rings (SSSR count). The molecule has 2 N–H and O–H groups in total. The van der Waals surface area contributed by atoms with Gasteiger partial charge in [-0.1, -0.05) is 29.8 Å². The van der Waals surface area contributed by atoms with E-state index in [9.17, 15) is 9.59 Å². The molecule has 0 spiro atoms. The number of hydrogen-bond donors (Lipinski definition) is 2. The number of nitrogens with one attached hydrogen (secondary N) is 2. The first-order valence-corrected chi connectivity index (χ1v) is 9.44. The second kappa shape index (κ2) is 8.27. The van der Waals surface area contributed by atoms with Gasteiger partial charge in [0, 0.05) is 11.3 Å². The van der Waals surface area contributed by atoms with Crippen molar-refractivity contribution in [1.29, 1.82) is 0 Å². The predicted molar refractivity (Wildman–Crippen MR) is 104 cm³/mol. The van der Waals surface area contributed by atoms with Crippen molar-refractivity contribution in [1.82, 2.24) is 5.32 Å². The van der Waals surface area contributed by atoms with Crippen molar-refractivity contribution in [2.45, 2.75) is 30.4 Å². The number of carbonyl (C=O) groups excluding carboxylic acids is 2. The van der Waals surface area contributed by atoms with Crippen LogP contribution in [0, 0.1) is 13.8 Å². The van der Waals surface area contributed by atoms with Crippen molar-refractivity contribution in [3.05, 3.63) is 53.6 Å². The molecule has 6 heteroatoms. The highest BCUT2D eigenvalue weighted by molar-refractivity contribution is 8.01. The third kappa shape index (κ3) is 4.58. The Bertz CT molecular complexity index is 822. The number of thioether (sulfide) groups is 1. The summed E-state index contributed by atoms with van der Waals surface area (Å²) < 4.78 is 5.70. The van der Waals surface area contributed by atoms with E-state index in [1.54, 1.807) is 0 Å². The predicted octanol–water partition coefficient (Wildman–Crippen LogP) is 3.30. The quantitative estimate of drug-likeness (QED) is 0.766. The molecule has 0 aromatic heterocycles. The maximum atomic E-state index is 12.1. The minimum Gasteiger partial charge on any atom is -0.491 e. The van der Waals surface area contributed by atoms with Crippen LogP contribution in [-0.4, -0.2) is 30.2 Å². The zero-order valence-corrected chi connectivity index (χ0v) is 15.7. The number of hydrogen-bond acceptors (Lipinski definition) is 4. The molecule has 5 nitrogen and oxygen atoms in total. The summed E-state index contributed by atoms with van der Waals surface area (Å²) in [7, 11) is 0. The molecule has 2 aromatic carbocycles. The molecule has 26 heavy (non-hydrogen) atoms. The molecule has 0 saturated carbocycles. The van der Waals surface area contributed by atoms with E-state index in [0.29, 0.717) is 13.2 Å². The highest BCUT2D eigenvalue weighted by Crippen LogP contribution is 2.36. The third-order valence-corrected chi connectivity index (χ3v) is 5.36. The van der Waals surface area contributed by atoms with Crippen LogP contribution in [0.4, 0.5) is 5.69 Å². The molecule has 1 aliphatic heterocycles. The molecule has 0 radical (unpaired) electrons. The highest BCUT2D eigenvalue weighted by Gasteiger charge is 2.28. The lowest BCUT2D eigenvalue weighted by Crippen LogP contribution is -2.36. The molecule has 136 valence electrons. The van der Waals surface area contributed by atoms with E-state index in [2.05, 4.69) is 16.7 Å². The molecule has 0 bridgehead atoms. The highest BCUT2D eigenvalue weighted by atomic mass is 32.2.